The van der Waals surface area contributed by atoms with Crippen LogP contribution in [0.4, 0.5) is 0 Å². The summed E-state index contributed by atoms with van der Waals surface area (Å²) in [5, 5.41) is 0. The molecule has 1 rings (SSSR count). The average Bonchev–Trinajstić information content (AvgIpc) is 2.37. The lowest BCUT2D eigenvalue weighted by molar-refractivity contribution is 0.551. The second-order valence-corrected chi connectivity index (χ2v) is 1.93. The van der Waals surface area contributed by atoms with Gasteiger partial charge in [-0.3, -0.25) is 0 Å². The fourth-order valence-corrected chi connectivity index (χ4v) is 0.654. The van der Waals surface area contributed by atoms with Crippen molar-refractivity contribution in [2.45, 2.75) is 13.3 Å². The molecule has 0 bridgehead atoms. The molecule has 0 N–H and O–H groups in total. The predicted molar refractivity (Wildman–Crippen MR) is 38.0 cm³/mol. The van der Waals surface area contributed by atoms with E-state index in [1.165, 1.54) is 0 Å². The number of hydrogen-bond donors (Lipinski definition) is 0. The number of furan rings is 1. The van der Waals surface area contributed by atoms with Gasteiger partial charge in [-0.15, -0.1) is 0 Å². The lowest BCUT2D eigenvalue weighted by Crippen LogP contribution is -1.72. The van der Waals surface area contributed by atoms with Crippen LogP contribution in [0.3, 0.4) is 0 Å². The van der Waals surface area contributed by atoms with Crippen molar-refractivity contribution >= 4 is 5.57 Å². The summed E-state index contributed by atoms with van der Waals surface area (Å²) in [4.78, 5) is 0. The molecule has 0 atom stereocenters. The molecule has 0 aromatic carbocycles. The third-order valence-electron chi connectivity index (χ3n) is 1.30. The van der Waals surface area contributed by atoms with Crippen LogP contribution in [0.25, 0.3) is 5.57 Å². The second-order valence-electron chi connectivity index (χ2n) is 1.93. The zero-order valence-electron chi connectivity index (χ0n) is 5.55. The molecule has 0 unspecified atom stereocenters. The molecular formula is C8H10O. The lowest BCUT2D eigenvalue weighted by atomic mass is 10.2. The van der Waals surface area contributed by atoms with Gasteiger partial charge in [-0.05, 0) is 24.1 Å². The Morgan fingerprint density at radius 2 is 2.56 bits per heavy atom. The maximum atomic E-state index is 5.09. The summed E-state index contributed by atoms with van der Waals surface area (Å²) >= 11 is 0. The molecule has 0 spiro atoms. The highest BCUT2D eigenvalue weighted by Crippen LogP contribution is 2.14. The quantitative estimate of drug-likeness (QED) is 0.587. The van der Waals surface area contributed by atoms with Crippen LogP contribution in [0.15, 0.2) is 29.4 Å². The second kappa shape index (κ2) is 2.53. The third-order valence-corrected chi connectivity index (χ3v) is 1.30. The summed E-state index contributed by atoms with van der Waals surface area (Å²) in [5.41, 5.74) is 1.06. The van der Waals surface area contributed by atoms with E-state index in [4.69, 9.17) is 4.42 Å². The lowest BCUT2D eigenvalue weighted by Gasteiger charge is -1.92. The SMILES string of the molecule is C=C(CC)c1ccco1. The number of hydrogen-bond acceptors (Lipinski definition) is 1. The van der Waals surface area contributed by atoms with Gasteiger partial charge < -0.3 is 4.42 Å². The molecule has 9 heavy (non-hydrogen) atoms. The van der Waals surface area contributed by atoms with Gasteiger partial charge in [0.25, 0.3) is 0 Å². The Morgan fingerprint density at radius 3 is 3.00 bits per heavy atom. The van der Waals surface area contributed by atoms with E-state index in [0.29, 0.717) is 0 Å². The molecular weight excluding hydrogens is 112 g/mol. The van der Waals surface area contributed by atoms with Crippen molar-refractivity contribution in [2.75, 3.05) is 0 Å². The van der Waals surface area contributed by atoms with Gasteiger partial charge in [0.2, 0.25) is 0 Å². The Balaban J connectivity index is 2.77. The molecule has 1 nitrogen and oxygen atoms in total. The van der Waals surface area contributed by atoms with E-state index >= 15 is 0 Å². The van der Waals surface area contributed by atoms with Crippen molar-refractivity contribution in [3.05, 3.63) is 30.7 Å². The third kappa shape index (κ3) is 1.22. The summed E-state index contributed by atoms with van der Waals surface area (Å²) < 4.78 is 5.09. The maximum Gasteiger partial charge on any atom is 0.129 e. The van der Waals surface area contributed by atoms with Crippen molar-refractivity contribution in [3.63, 3.8) is 0 Å². The van der Waals surface area contributed by atoms with Crippen LogP contribution in [-0.2, 0) is 0 Å². The van der Waals surface area contributed by atoms with Crippen LogP contribution in [-0.4, -0.2) is 0 Å². The first-order chi connectivity index (χ1) is 4.34. The van der Waals surface area contributed by atoms with E-state index in [1.807, 2.05) is 12.1 Å². The first kappa shape index (κ1) is 6.14. The fourth-order valence-electron chi connectivity index (χ4n) is 0.654. The highest BCUT2D eigenvalue weighted by Gasteiger charge is 1.95. The highest BCUT2D eigenvalue weighted by molar-refractivity contribution is 5.57. The van der Waals surface area contributed by atoms with E-state index in [1.54, 1.807) is 6.26 Å². The van der Waals surface area contributed by atoms with Gasteiger partial charge in [-0.1, -0.05) is 13.5 Å². The summed E-state index contributed by atoms with van der Waals surface area (Å²) in [6.45, 7) is 5.88. The van der Waals surface area contributed by atoms with Crippen LogP contribution in [0, 0.1) is 0 Å². The topological polar surface area (TPSA) is 13.1 Å². The molecule has 48 valence electrons. The molecule has 1 heteroatoms. The molecule has 0 radical (unpaired) electrons. The van der Waals surface area contributed by atoms with Gasteiger partial charge >= 0.3 is 0 Å². The Bertz CT molecular complexity index is 184. The van der Waals surface area contributed by atoms with Gasteiger partial charge in [0.1, 0.15) is 5.76 Å². The van der Waals surface area contributed by atoms with Crippen LogP contribution in [0.5, 0.6) is 0 Å². The van der Waals surface area contributed by atoms with E-state index in [9.17, 15) is 0 Å². The Labute approximate surface area is 55.0 Å². The molecule has 0 saturated heterocycles. The van der Waals surface area contributed by atoms with Crippen LogP contribution >= 0.6 is 0 Å². The molecule has 0 saturated carbocycles. The summed E-state index contributed by atoms with van der Waals surface area (Å²) in [5.74, 6) is 0.900. The maximum absolute atomic E-state index is 5.09. The summed E-state index contributed by atoms with van der Waals surface area (Å²) in [7, 11) is 0. The molecule has 0 aliphatic carbocycles. The Hall–Kier alpha value is -0.980. The Kier molecular flexibility index (Phi) is 1.73. The smallest absolute Gasteiger partial charge is 0.129 e. The van der Waals surface area contributed by atoms with Crippen LogP contribution in [0.1, 0.15) is 19.1 Å². The molecule has 0 aliphatic heterocycles. The monoisotopic (exact) mass is 122 g/mol. The number of allylic oxidation sites excluding steroid dienone is 1. The van der Waals surface area contributed by atoms with Crippen molar-refractivity contribution in [2.24, 2.45) is 0 Å². The van der Waals surface area contributed by atoms with E-state index in [0.717, 1.165) is 17.8 Å². The van der Waals surface area contributed by atoms with E-state index in [-0.39, 0.29) is 0 Å². The minimum absolute atomic E-state index is 0.900. The van der Waals surface area contributed by atoms with Gasteiger partial charge in [0, 0.05) is 0 Å². The highest BCUT2D eigenvalue weighted by atomic mass is 16.3. The molecule has 1 aromatic heterocycles. The standard InChI is InChI=1S/C8H10O/c1-3-7(2)8-5-4-6-9-8/h4-6H,2-3H2,1H3. The van der Waals surface area contributed by atoms with Crippen molar-refractivity contribution in [3.8, 4) is 0 Å². The van der Waals surface area contributed by atoms with Gasteiger partial charge in [-0.2, -0.15) is 0 Å². The van der Waals surface area contributed by atoms with Crippen molar-refractivity contribution in [1.82, 2.24) is 0 Å². The average molecular weight is 122 g/mol. The number of rotatable bonds is 2. The predicted octanol–water partition coefficient (Wildman–Crippen LogP) is 2.70. The fraction of sp³-hybridized carbons (Fsp3) is 0.250. The zero-order chi connectivity index (χ0) is 6.69. The Morgan fingerprint density at radius 1 is 1.78 bits per heavy atom. The normalized spacial score (nSPS) is 9.44. The van der Waals surface area contributed by atoms with Crippen LogP contribution in [0.2, 0.25) is 0 Å². The minimum atomic E-state index is 0.900. The van der Waals surface area contributed by atoms with E-state index in [2.05, 4.69) is 13.5 Å². The first-order valence-corrected chi connectivity index (χ1v) is 3.06. The molecule has 0 amide bonds. The van der Waals surface area contributed by atoms with Crippen LogP contribution < -0.4 is 0 Å². The summed E-state index contributed by atoms with van der Waals surface area (Å²) in [6.07, 6.45) is 2.61. The van der Waals surface area contributed by atoms with Gasteiger partial charge in [0.05, 0.1) is 6.26 Å². The van der Waals surface area contributed by atoms with E-state index < -0.39 is 0 Å². The minimum Gasteiger partial charge on any atom is -0.465 e. The molecule has 1 heterocycles. The molecule has 1 aromatic rings. The molecule has 0 fully saturated rings. The first-order valence-electron chi connectivity index (χ1n) is 3.06. The van der Waals surface area contributed by atoms with Crippen molar-refractivity contribution in [1.29, 1.82) is 0 Å². The molecule has 0 aliphatic rings. The zero-order valence-corrected chi connectivity index (χ0v) is 5.55. The van der Waals surface area contributed by atoms with Gasteiger partial charge in [-0.25, -0.2) is 0 Å². The van der Waals surface area contributed by atoms with Gasteiger partial charge in [0.15, 0.2) is 0 Å². The largest absolute Gasteiger partial charge is 0.465 e. The van der Waals surface area contributed by atoms with Crippen molar-refractivity contribution < 1.29 is 4.42 Å². The summed E-state index contributed by atoms with van der Waals surface area (Å²) in [6, 6.07) is 3.79.